The van der Waals surface area contributed by atoms with Crippen LogP contribution in [0, 0.1) is 36.0 Å². The molecule has 2 aromatic heterocycles. The highest BCUT2D eigenvalue weighted by atomic mass is 16.5. The van der Waals surface area contributed by atoms with E-state index in [1.807, 2.05) is 18.0 Å². The molecule has 34 heavy (non-hydrogen) atoms. The molecule has 4 atom stereocenters. The highest BCUT2D eigenvalue weighted by molar-refractivity contribution is 5.97. The van der Waals surface area contributed by atoms with Gasteiger partial charge >= 0.3 is 0 Å². The predicted octanol–water partition coefficient (Wildman–Crippen LogP) is 4.66. The molecule has 7 nitrogen and oxygen atoms in total. The maximum atomic E-state index is 13.3. The molecule has 0 spiro atoms. The van der Waals surface area contributed by atoms with Crippen molar-refractivity contribution in [3.8, 4) is 11.5 Å². The van der Waals surface area contributed by atoms with E-state index in [4.69, 9.17) is 9.72 Å². The fourth-order valence-corrected chi connectivity index (χ4v) is 6.65. The van der Waals surface area contributed by atoms with E-state index in [9.17, 15) is 4.79 Å². The number of aryl methyl sites for hydroxylation is 1. The predicted molar refractivity (Wildman–Crippen MR) is 133 cm³/mol. The van der Waals surface area contributed by atoms with E-state index >= 15 is 0 Å². The van der Waals surface area contributed by atoms with Crippen molar-refractivity contribution in [3.05, 3.63) is 29.0 Å². The summed E-state index contributed by atoms with van der Waals surface area (Å²) in [7, 11) is 1.89. The molecule has 1 saturated carbocycles. The first-order chi connectivity index (χ1) is 16.3. The first-order valence-corrected chi connectivity index (χ1v) is 12.7. The fraction of sp³-hybridized carbons (Fsp3) is 0.593. The van der Waals surface area contributed by atoms with Crippen LogP contribution in [0.5, 0.6) is 0 Å². The summed E-state index contributed by atoms with van der Waals surface area (Å²) in [5.74, 6) is 2.83. The first kappa shape index (κ1) is 21.8. The van der Waals surface area contributed by atoms with Crippen molar-refractivity contribution in [2.75, 3.05) is 25.2 Å². The lowest BCUT2D eigenvalue weighted by Gasteiger charge is -2.30. The monoisotopic (exact) mass is 461 g/mol. The van der Waals surface area contributed by atoms with E-state index in [1.165, 1.54) is 11.3 Å². The number of benzene rings is 1. The average Bonchev–Trinajstić information content (AvgIpc) is 3.18. The third kappa shape index (κ3) is 3.23. The molecular weight excluding hydrogens is 426 g/mol. The second-order valence-electron chi connectivity index (χ2n) is 11.2. The first-order valence-electron chi connectivity index (χ1n) is 12.7. The van der Waals surface area contributed by atoms with Crippen LogP contribution in [0.1, 0.15) is 50.4 Å². The van der Waals surface area contributed by atoms with Gasteiger partial charge in [-0.05, 0) is 73.5 Å². The molecule has 1 aliphatic heterocycles. The summed E-state index contributed by atoms with van der Waals surface area (Å²) >= 11 is 0. The number of aromatic amines is 2. The minimum absolute atomic E-state index is 0.0233. The number of amides is 1. The quantitative estimate of drug-likeness (QED) is 0.592. The molecular formula is C27H35N5O2. The Labute approximate surface area is 200 Å². The van der Waals surface area contributed by atoms with Crippen molar-refractivity contribution in [2.45, 2.75) is 53.4 Å². The molecule has 6 rings (SSSR count). The Morgan fingerprint density at radius 1 is 1.29 bits per heavy atom. The van der Waals surface area contributed by atoms with Gasteiger partial charge in [-0.15, -0.1) is 0 Å². The van der Waals surface area contributed by atoms with Crippen LogP contribution < -0.4 is 4.90 Å². The fourth-order valence-electron chi connectivity index (χ4n) is 6.65. The van der Waals surface area contributed by atoms with Gasteiger partial charge < -0.3 is 14.6 Å². The second-order valence-corrected chi connectivity index (χ2v) is 11.2. The maximum absolute atomic E-state index is 13.3. The van der Waals surface area contributed by atoms with Crippen molar-refractivity contribution in [2.24, 2.45) is 29.1 Å². The van der Waals surface area contributed by atoms with Gasteiger partial charge in [-0.25, -0.2) is 4.98 Å². The van der Waals surface area contributed by atoms with E-state index in [0.717, 1.165) is 84.5 Å². The van der Waals surface area contributed by atoms with Gasteiger partial charge in [0.2, 0.25) is 5.91 Å². The van der Waals surface area contributed by atoms with Crippen LogP contribution in [0.4, 0.5) is 5.69 Å². The third-order valence-corrected chi connectivity index (χ3v) is 9.39. The minimum atomic E-state index is -0.0233. The lowest BCUT2D eigenvalue weighted by molar-refractivity contribution is -0.124. The number of carbonyl (C=O) groups excluding carboxylic acids is 1. The van der Waals surface area contributed by atoms with Gasteiger partial charge in [0.15, 0.2) is 5.82 Å². The van der Waals surface area contributed by atoms with Crippen molar-refractivity contribution < 1.29 is 9.53 Å². The summed E-state index contributed by atoms with van der Waals surface area (Å²) in [4.78, 5) is 23.5. The largest absolute Gasteiger partial charge is 0.381 e. The van der Waals surface area contributed by atoms with Crippen molar-refractivity contribution in [1.29, 1.82) is 0 Å². The van der Waals surface area contributed by atoms with Gasteiger partial charge in [0.1, 0.15) is 5.69 Å². The molecule has 3 aromatic rings. The molecule has 1 amide bonds. The number of ether oxygens (including phenoxy) is 1. The van der Waals surface area contributed by atoms with Crippen molar-refractivity contribution in [1.82, 2.24) is 20.2 Å². The van der Waals surface area contributed by atoms with Crippen LogP contribution in [0.15, 0.2) is 12.1 Å². The van der Waals surface area contributed by atoms with Gasteiger partial charge in [0, 0.05) is 43.1 Å². The van der Waals surface area contributed by atoms with E-state index in [0.29, 0.717) is 11.3 Å². The number of rotatable bonds is 4. The summed E-state index contributed by atoms with van der Waals surface area (Å²) in [6.45, 7) is 10.4. The number of anilines is 1. The van der Waals surface area contributed by atoms with Gasteiger partial charge in [0.05, 0.1) is 11.0 Å². The maximum Gasteiger partial charge on any atom is 0.229 e. The molecule has 7 heteroatoms. The number of nitrogens with one attached hydrogen (secondary N) is 2. The zero-order valence-corrected chi connectivity index (χ0v) is 20.9. The molecule has 1 saturated heterocycles. The zero-order valence-electron chi connectivity index (χ0n) is 20.9. The Kier molecular flexibility index (Phi) is 4.93. The topological polar surface area (TPSA) is 86.9 Å². The van der Waals surface area contributed by atoms with Gasteiger partial charge in [-0.1, -0.05) is 20.8 Å². The summed E-state index contributed by atoms with van der Waals surface area (Å²) in [5, 5.41) is 7.96. The molecule has 0 bridgehead atoms. The molecule has 2 fully saturated rings. The number of nitrogens with zero attached hydrogens (tertiary/aromatic N) is 3. The summed E-state index contributed by atoms with van der Waals surface area (Å²) < 4.78 is 5.48. The van der Waals surface area contributed by atoms with Gasteiger partial charge in [-0.3, -0.25) is 9.89 Å². The minimum Gasteiger partial charge on any atom is -0.381 e. The molecule has 3 heterocycles. The van der Waals surface area contributed by atoms with E-state index < -0.39 is 0 Å². The van der Waals surface area contributed by atoms with E-state index in [2.05, 4.69) is 48.9 Å². The van der Waals surface area contributed by atoms with Crippen LogP contribution in [-0.2, 0) is 22.4 Å². The normalized spacial score (nSPS) is 27.3. The zero-order chi connectivity index (χ0) is 23.8. The van der Waals surface area contributed by atoms with Gasteiger partial charge in [0.25, 0.3) is 0 Å². The molecule has 0 radical (unpaired) electrons. The smallest absolute Gasteiger partial charge is 0.229 e. The van der Waals surface area contributed by atoms with Crippen molar-refractivity contribution in [3.63, 3.8) is 0 Å². The number of aromatic nitrogens is 4. The molecule has 180 valence electrons. The molecule has 2 N–H and O–H groups in total. The lowest BCUT2D eigenvalue weighted by Crippen LogP contribution is -2.37. The number of fused-ring (bicyclic) bond motifs is 3. The molecule has 1 aromatic carbocycles. The summed E-state index contributed by atoms with van der Waals surface area (Å²) in [5.41, 5.74) is 7.78. The number of H-pyrrole nitrogens is 2. The van der Waals surface area contributed by atoms with Crippen LogP contribution in [-0.4, -0.2) is 46.3 Å². The Balaban J connectivity index is 1.29. The summed E-state index contributed by atoms with van der Waals surface area (Å²) in [6, 6.07) is 4.14. The number of hydrogen-bond acceptors (Lipinski definition) is 4. The Morgan fingerprint density at radius 2 is 2.06 bits per heavy atom. The third-order valence-electron chi connectivity index (χ3n) is 9.39. The number of imidazole rings is 1. The van der Waals surface area contributed by atoms with Gasteiger partial charge in [-0.2, -0.15) is 5.10 Å². The summed E-state index contributed by atoms with van der Waals surface area (Å²) in [6.07, 6.45) is 4.05. The Hall–Kier alpha value is -2.67. The molecule has 3 unspecified atom stereocenters. The Bertz CT molecular complexity index is 1270. The lowest BCUT2D eigenvalue weighted by atomic mass is 9.86. The SMILES string of the molecule is Cc1cc2[nH]c(-c3n[nH]c4c3CC3C(C)[C@]3(C)C4)nc2cc1N(C)C(=O)C(C)C1CCOCC1. The molecule has 2 aliphatic carbocycles. The highest BCUT2D eigenvalue weighted by Crippen LogP contribution is 2.64. The number of hydrogen-bond donors (Lipinski definition) is 2. The average molecular weight is 462 g/mol. The van der Waals surface area contributed by atoms with Crippen LogP contribution in [0.3, 0.4) is 0 Å². The van der Waals surface area contributed by atoms with Crippen molar-refractivity contribution >= 4 is 22.6 Å². The van der Waals surface area contributed by atoms with Crippen LogP contribution in [0.2, 0.25) is 0 Å². The standard InChI is InChI=1S/C27H35N5O2/c1-14-10-20-21(12-23(14)32(5)26(33)15(2)17-6-8-34-9-7-17)29-25(28-20)24-18-11-19-16(3)27(19,4)13-22(18)30-31-24/h10,12,15-17,19H,6-9,11,13H2,1-5H3,(H,28,29)(H,30,31)/t15?,16?,19?,27-/m0/s1. The van der Waals surface area contributed by atoms with E-state index in [-0.39, 0.29) is 11.8 Å². The number of carbonyl (C=O) groups is 1. The van der Waals surface area contributed by atoms with Crippen LogP contribution in [0.25, 0.3) is 22.6 Å². The molecule has 3 aliphatic rings. The van der Waals surface area contributed by atoms with Crippen LogP contribution >= 0.6 is 0 Å². The Morgan fingerprint density at radius 3 is 2.82 bits per heavy atom. The second kappa shape index (κ2) is 7.67. The highest BCUT2D eigenvalue weighted by Gasteiger charge is 2.60. The van der Waals surface area contributed by atoms with E-state index in [1.54, 1.807) is 0 Å².